The van der Waals surface area contributed by atoms with E-state index in [0.29, 0.717) is 54.7 Å². The van der Waals surface area contributed by atoms with Gasteiger partial charge in [0.25, 0.3) is 11.8 Å². The zero-order valence-corrected chi connectivity index (χ0v) is 18.9. The maximum Gasteiger partial charge on any atom is 0.261 e. The molecule has 8 nitrogen and oxygen atoms in total. The summed E-state index contributed by atoms with van der Waals surface area (Å²) in [6.45, 7) is 3.58. The van der Waals surface area contributed by atoms with Gasteiger partial charge in [0.15, 0.2) is 5.11 Å². The van der Waals surface area contributed by atoms with Crippen molar-refractivity contribution >= 4 is 34.8 Å². The minimum absolute atomic E-state index is 0.124. The van der Waals surface area contributed by atoms with Gasteiger partial charge in [0.1, 0.15) is 18.1 Å². The first kappa shape index (κ1) is 24.0. The van der Waals surface area contributed by atoms with Crippen LogP contribution in [0.5, 0.6) is 5.75 Å². The highest BCUT2D eigenvalue weighted by Gasteiger charge is 2.14. The van der Waals surface area contributed by atoms with E-state index in [2.05, 4.69) is 16.0 Å². The number of nitrogens with one attached hydrogen (secondary N) is 3. The first-order valence-electron chi connectivity index (χ1n) is 10.4. The molecule has 0 bridgehead atoms. The van der Waals surface area contributed by atoms with Gasteiger partial charge in [-0.3, -0.25) is 14.9 Å². The number of thiocarbonyl (C=S) groups is 1. The third-order valence-electron chi connectivity index (χ3n) is 4.46. The van der Waals surface area contributed by atoms with E-state index in [-0.39, 0.29) is 11.0 Å². The SMILES string of the molecule is CCOCCOc1ccccc1C(=O)NC(=S)Nc1ccc(C(=O)NCc2ccco2)cc1. The average Bonchev–Trinajstić information content (AvgIpc) is 3.35. The van der Waals surface area contributed by atoms with Crippen molar-refractivity contribution in [3.63, 3.8) is 0 Å². The molecule has 0 fully saturated rings. The summed E-state index contributed by atoms with van der Waals surface area (Å²) >= 11 is 5.26. The predicted octanol–water partition coefficient (Wildman–Crippen LogP) is 3.75. The number of hydrogen-bond donors (Lipinski definition) is 3. The van der Waals surface area contributed by atoms with E-state index in [9.17, 15) is 9.59 Å². The molecule has 0 aliphatic carbocycles. The molecule has 0 unspecified atom stereocenters. The Balaban J connectivity index is 1.51. The molecule has 3 N–H and O–H groups in total. The topological polar surface area (TPSA) is 102 Å². The molecule has 0 spiro atoms. The van der Waals surface area contributed by atoms with E-state index >= 15 is 0 Å². The number of rotatable bonds is 10. The molecule has 0 saturated heterocycles. The van der Waals surface area contributed by atoms with Crippen LogP contribution in [0.25, 0.3) is 0 Å². The lowest BCUT2D eigenvalue weighted by Crippen LogP contribution is -2.34. The Kier molecular flexibility index (Phi) is 8.98. The van der Waals surface area contributed by atoms with Gasteiger partial charge in [0.2, 0.25) is 0 Å². The molecular weight excluding hydrogens is 442 g/mol. The zero-order valence-electron chi connectivity index (χ0n) is 18.1. The summed E-state index contributed by atoms with van der Waals surface area (Å²) in [5.41, 5.74) is 1.48. The lowest BCUT2D eigenvalue weighted by atomic mass is 10.2. The Morgan fingerprint density at radius 3 is 2.48 bits per heavy atom. The maximum absolute atomic E-state index is 12.7. The highest BCUT2D eigenvalue weighted by atomic mass is 32.1. The number of hydrogen-bond acceptors (Lipinski definition) is 6. The van der Waals surface area contributed by atoms with Crippen molar-refractivity contribution < 1.29 is 23.5 Å². The van der Waals surface area contributed by atoms with Gasteiger partial charge in [-0.1, -0.05) is 12.1 Å². The van der Waals surface area contributed by atoms with Crippen molar-refractivity contribution in [2.75, 3.05) is 25.1 Å². The van der Waals surface area contributed by atoms with E-state index in [1.165, 1.54) is 0 Å². The minimum atomic E-state index is -0.395. The summed E-state index contributed by atoms with van der Waals surface area (Å²) in [4.78, 5) is 24.9. The van der Waals surface area contributed by atoms with Crippen molar-refractivity contribution in [2.24, 2.45) is 0 Å². The van der Waals surface area contributed by atoms with Crippen LogP contribution in [0.3, 0.4) is 0 Å². The maximum atomic E-state index is 12.7. The number of anilines is 1. The smallest absolute Gasteiger partial charge is 0.261 e. The fraction of sp³-hybridized carbons (Fsp3) is 0.208. The number of ether oxygens (including phenoxy) is 2. The van der Waals surface area contributed by atoms with Crippen LogP contribution in [-0.2, 0) is 11.3 Å². The summed E-state index contributed by atoms with van der Waals surface area (Å²) in [7, 11) is 0. The van der Waals surface area contributed by atoms with Gasteiger partial charge >= 0.3 is 0 Å². The van der Waals surface area contributed by atoms with Gasteiger partial charge in [-0.2, -0.15) is 0 Å². The Bertz CT molecular complexity index is 1070. The van der Waals surface area contributed by atoms with Crippen LogP contribution < -0.4 is 20.7 Å². The second-order valence-corrected chi connectivity index (χ2v) is 7.20. The molecule has 2 amide bonds. The average molecular weight is 468 g/mol. The number of carbonyl (C=O) groups is 2. The van der Waals surface area contributed by atoms with Crippen LogP contribution in [-0.4, -0.2) is 36.7 Å². The van der Waals surface area contributed by atoms with Crippen LogP contribution in [0, 0.1) is 0 Å². The number of amides is 2. The molecular formula is C24H25N3O5S. The van der Waals surface area contributed by atoms with Gasteiger partial charge in [-0.25, -0.2) is 0 Å². The van der Waals surface area contributed by atoms with Gasteiger partial charge in [-0.15, -0.1) is 0 Å². The molecule has 2 aromatic carbocycles. The molecule has 33 heavy (non-hydrogen) atoms. The molecule has 3 rings (SSSR count). The van der Waals surface area contributed by atoms with Gasteiger partial charge < -0.3 is 24.5 Å². The number of furan rings is 1. The van der Waals surface area contributed by atoms with Crippen LogP contribution in [0.4, 0.5) is 5.69 Å². The molecule has 0 radical (unpaired) electrons. The molecule has 0 aliphatic rings. The summed E-state index contributed by atoms with van der Waals surface area (Å²) in [6, 6.07) is 17.2. The largest absolute Gasteiger partial charge is 0.490 e. The second-order valence-electron chi connectivity index (χ2n) is 6.79. The molecule has 172 valence electrons. The monoisotopic (exact) mass is 467 g/mol. The van der Waals surface area contributed by atoms with Crippen LogP contribution in [0.15, 0.2) is 71.3 Å². The number of para-hydroxylation sites is 1. The lowest BCUT2D eigenvalue weighted by Gasteiger charge is -2.13. The van der Waals surface area contributed by atoms with Crippen molar-refractivity contribution in [3.05, 3.63) is 83.8 Å². The highest BCUT2D eigenvalue weighted by molar-refractivity contribution is 7.80. The van der Waals surface area contributed by atoms with Crippen LogP contribution in [0.1, 0.15) is 33.4 Å². The first-order valence-corrected chi connectivity index (χ1v) is 10.8. The van der Waals surface area contributed by atoms with E-state index in [0.717, 1.165) is 0 Å². The van der Waals surface area contributed by atoms with Crippen LogP contribution in [0.2, 0.25) is 0 Å². The Morgan fingerprint density at radius 2 is 1.76 bits per heavy atom. The number of benzene rings is 2. The fourth-order valence-electron chi connectivity index (χ4n) is 2.86. The highest BCUT2D eigenvalue weighted by Crippen LogP contribution is 2.18. The summed E-state index contributed by atoms with van der Waals surface area (Å²) in [6.07, 6.45) is 1.55. The van der Waals surface area contributed by atoms with E-state index < -0.39 is 5.91 Å². The Labute approximate surface area is 197 Å². The molecule has 0 aliphatic heterocycles. The summed E-state index contributed by atoms with van der Waals surface area (Å²) in [5.74, 6) is 0.495. The third kappa shape index (κ3) is 7.44. The fourth-order valence-corrected chi connectivity index (χ4v) is 3.07. The van der Waals surface area contributed by atoms with Crippen molar-refractivity contribution in [1.82, 2.24) is 10.6 Å². The lowest BCUT2D eigenvalue weighted by molar-refractivity contribution is 0.0944. The van der Waals surface area contributed by atoms with Gasteiger partial charge in [0, 0.05) is 17.9 Å². The first-order chi connectivity index (χ1) is 16.1. The molecule has 0 atom stereocenters. The van der Waals surface area contributed by atoms with Crippen molar-refractivity contribution in [2.45, 2.75) is 13.5 Å². The van der Waals surface area contributed by atoms with E-state index in [1.54, 1.807) is 66.9 Å². The zero-order chi connectivity index (χ0) is 23.5. The Morgan fingerprint density at radius 1 is 0.970 bits per heavy atom. The summed E-state index contributed by atoms with van der Waals surface area (Å²) < 4.78 is 16.1. The molecule has 0 saturated carbocycles. The van der Waals surface area contributed by atoms with Crippen molar-refractivity contribution in [3.8, 4) is 5.75 Å². The van der Waals surface area contributed by atoms with Gasteiger partial charge in [0.05, 0.1) is 25.0 Å². The normalized spacial score (nSPS) is 10.3. The molecule has 9 heteroatoms. The predicted molar refractivity (Wildman–Crippen MR) is 128 cm³/mol. The second kappa shape index (κ2) is 12.4. The molecule has 3 aromatic rings. The molecule has 1 heterocycles. The van der Waals surface area contributed by atoms with Gasteiger partial charge in [-0.05, 0) is 67.7 Å². The third-order valence-corrected chi connectivity index (χ3v) is 4.66. The van der Waals surface area contributed by atoms with E-state index in [4.69, 9.17) is 26.1 Å². The van der Waals surface area contributed by atoms with Crippen molar-refractivity contribution in [1.29, 1.82) is 0 Å². The minimum Gasteiger partial charge on any atom is -0.490 e. The quantitative estimate of drug-likeness (QED) is 0.308. The Hall–Kier alpha value is -3.69. The number of carbonyl (C=O) groups excluding carboxylic acids is 2. The van der Waals surface area contributed by atoms with Crippen LogP contribution >= 0.6 is 12.2 Å². The standard InChI is InChI=1S/C24H25N3O5S/c1-2-30-14-15-32-21-8-4-3-7-20(21)23(29)27-24(33)26-18-11-9-17(10-12-18)22(28)25-16-19-6-5-13-31-19/h3-13H,2,14-16H2,1H3,(H,25,28)(H2,26,27,29,33). The van der Waals surface area contributed by atoms with E-state index in [1.807, 2.05) is 6.92 Å². The summed E-state index contributed by atoms with van der Waals surface area (Å²) in [5, 5.41) is 8.48. The molecule has 1 aromatic heterocycles.